The Balaban J connectivity index is 1.51. The maximum absolute atomic E-state index is 12.4. The number of thiophene rings is 1. The Kier molecular flexibility index (Phi) is 8.38. The molecule has 1 unspecified atom stereocenters. The fourth-order valence-corrected chi connectivity index (χ4v) is 5.43. The van der Waals surface area contributed by atoms with Crippen molar-refractivity contribution in [3.8, 4) is 0 Å². The summed E-state index contributed by atoms with van der Waals surface area (Å²) in [7, 11) is 0.103. The van der Waals surface area contributed by atoms with E-state index < -0.39 is 20.2 Å². The Bertz CT molecular complexity index is 976. The van der Waals surface area contributed by atoms with E-state index in [2.05, 4.69) is 5.32 Å². The number of rotatable bonds is 10. The van der Waals surface area contributed by atoms with Gasteiger partial charge in [0, 0.05) is 31.9 Å². The first-order valence-electron chi connectivity index (χ1n) is 9.87. The van der Waals surface area contributed by atoms with Crippen LogP contribution in [0.5, 0.6) is 0 Å². The average molecular weight is 444 g/mol. The number of fused-ring (bicyclic) bond motifs is 1. The van der Waals surface area contributed by atoms with Crippen molar-refractivity contribution in [1.29, 1.82) is 0 Å². The lowest BCUT2D eigenvalue weighted by atomic mass is 10.0. The van der Waals surface area contributed by atoms with E-state index in [9.17, 15) is 14.5 Å². The van der Waals surface area contributed by atoms with Crippen LogP contribution >= 0.6 is 19.5 Å². The number of esters is 1. The Morgan fingerprint density at radius 1 is 1.10 bits per heavy atom. The molecule has 0 saturated heterocycles. The Labute approximate surface area is 181 Å². The van der Waals surface area contributed by atoms with E-state index in [-0.39, 0.29) is 12.3 Å². The van der Waals surface area contributed by atoms with E-state index in [1.807, 2.05) is 60.0 Å². The van der Waals surface area contributed by atoms with Crippen LogP contribution in [-0.2, 0) is 27.2 Å². The number of aryl methyl sites for hydroxylation is 1. The van der Waals surface area contributed by atoms with Gasteiger partial charge in [-0.1, -0.05) is 48.5 Å². The van der Waals surface area contributed by atoms with Crippen LogP contribution in [0.1, 0.15) is 17.5 Å². The van der Waals surface area contributed by atoms with Crippen molar-refractivity contribution in [2.24, 2.45) is 0 Å². The summed E-state index contributed by atoms with van der Waals surface area (Å²) >= 11 is 1.62. The van der Waals surface area contributed by atoms with E-state index in [0.29, 0.717) is 18.7 Å². The van der Waals surface area contributed by atoms with Crippen LogP contribution in [0.3, 0.4) is 0 Å². The normalized spacial score (nSPS) is 13.0. The Morgan fingerprint density at radius 3 is 2.60 bits per heavy atom. The molecular formula is C23H26NO4PS. The summed E-state index contributed by atoms with van der Waals surface area (Å²) in [6, 6.07) is 17.2. The van der Waals surface area contributed by atoms with Gasteiger partial charge in [0.1, 0.15) is 6.04 Å². The van der Waals surface area contributed by atoms with Gasteiger partial charge in [0.2, 0.25) is 5.91 Å². The van der Waals surface area contributed by atoms with Gasteiger partial charge in [-0.25, -0.2) is 4.79 Å². The lowest BCUT2D eigenvalue weighted by Crippen LogP contribution is -2.43. The van der Waals surface area contributed by atoms with Crippen molar-refractivity contribution in [2.45, 2.75) is 25.3 Å². The molecule has 1 heterocycles. The van der Waals surface area contributed by atoms with Gasteiger partial charge in [-0.3, -0.25) is 4.79 Å². The van der Waals surface area contributed by atoms with Crippen molar-refractivity contribution in [3.05, 3.63) is 71.1 Å². The van der Waals surface area contributed by atoms with Crippen LogP contribution in [0.15, 0.2) is 60.0 Å². The lowest BCUT2D eigenvalue weighted by Gasteiger charge is -2.17. The molecule has 1 amide bonds. The lowest BCUT2D eigenvalue weighted by molar-refractivity contribution is -0.145. The zero-order chi connectivity index (χ0) is 21.3. The highest BCUT2D eigenvalue weighted by molar-refractivity contribution is 7.51. The molecule has 5 nitrogen and oxygen atoms in total. The molecule has 0 fully saturated rings. The molecule has 0 spiro atoms. The molecule has 1 aromatic heterocycles. The molecule has 3 aromatic rings. The third-order valence-electron chi connectivity index (χ3n) is 4.90. The van der Waals surface area contributed by atoms with E-state index in [1.54, 1.807) is 11.3 Å². The summed E-state index contributed by atoms with van der Waals surface area (Å²) in [5, 5.41) is 5.90. The minimum atomic E-state index is -1.22. The first-order chi connectivity index (χ1) is 14.6. The topological polar surface area (TPSA) is 75.6 Å². The molecule has 0 aliphatic heterocycles. The maximum Gasteiger partial charge on any atom is 0.328 e. The monoisotopic (exact) mass is 443 g/mol. The summed E-state index contributed by atoms with van der Waals surface area (Å²) in [5.74, 6) is -0.708. The average Bonchev–Trinajstić information content (AvgIpc) is 3.19. The molecule has 0 bridgehead atoms. The van der Waals surface area contributed by atoms with Crippen molar-refractivity contribution < 1.29 is 19.2 Å². The fraction of sp³-hybridized carbons (Fsp3) is 0.304. The third-order valence-corrected chi connectivity index (χ3v) is 7.40. The van der Waals surface area contributed by atoms with E-state index in [4.69, 9.17) is 4.74 Å². The summed E-state index contributed by atoms with van der Waals surface area (Å²) < 4.78 is 6.04. The van der Waals surface area contributed by atoms with Gasteiger partial charge in [-0.15, -0.1) is 11.3 Å². The van der Waals surface area contributed by atoms with Crippen molar-refractivity contribution >= 4 is 41.4 Å². The zero-order valence-corrected chi connectivity index (χ0v) is 18.6. The molecule has 7 heteroatoms. The highest BCUT2D eigenvalue weighted by atomic mass is 32.1. The molecule has 158 valence electrons. The number of ether oxygens (including phenoxy) is 1. The first-order valence-corrected chi connectivity index (χ1v) is 12.4. The molecule has 0 aliphatic carbocycles. The Morgan fingerprint density at radius 2 is 1.83 bits per heavy atom. The van der Waals surface area contributed by atoms with Crippen molar-refractivity contribution in [2.75, 3.05) is 19.4 Å². The Hall–Kier alpha value is -2.27. The van der Waals surface area contributed by atoms with Crippen molar-refractivity contribution in [1.82, 2.24) is 5.32 Å². The molecule has 2 atom stereocenters. The van der Waals surface area contributed by atoms with Gasteiger partial charge in [0.05, 0.1) is 7.11 Å². The number of carbonyl (C=O) groups is 2. The van der Waals surface area contributed by atoms with Crippen LogP contribution in [0.4, 0.5) is 0 Å². The predicted molar refractivity (Wildman–Crippen MR) is 123 cm³/mol. The third kappa shape index (κ3) is 6.36. The van der Waals surface area contributed by atoms with Gasteiger partial charge in [-0.05, 0) is 40.5 Å². The largest absolute Gasteiger partial charge is 0.467 e. The zero-order valence-electron chi connectivity index (χ0n) is 16.9. The number of methoxy groups -OCH3 is 1. The fourth-order valence-electron chi connectivity index (χ4n) is 3.26. The molecule has 2 N–H and O–H groups in total. The van der Waals surface area contributed by atoms with E-state index in [0.717, 1.165) is 22.1 Å². The summed E-state index contributed by atoms with van der Waals surface area (Å²) in [4.78, 5) is 34.9. The molecule has 3 rings (SSSR count). The van der Waals surface area contributed by atoms with Crippen LogP contribution in [0, 0.1) is 0 Å². The summed E-state index contributed by atoms with van der Waals surface area (Å²) in [6.45, 7) is 0. The van der Waals surface area contributed by atoms with E-state index in [1.165, 1.54) is 12.7 Å². The number of hydrogen-bond donors (Lipinski definition) is 2. The van der Waals surface area contributed by atoms with Gasteiger partial charge in [-0.2, -0.15) is 0 Å². The summed E-state index contributed by atoms with van der Waals surface area (Å²) in [5.41, 5.74) is 2.19. The van der Waals surface area contributed by atoms with E-state index >= 15 is 0 Å². The molecule has 0 saturated carbocycles. The van der Waals surface area contributed by atoms with Crippen LogP contribution in [-0.4, -0.2) is 42.2 Å². The smallest absolute Gasteiger partial charge is 0.328 e. The van der Waals surface area contributed by atoms with Crippen molar-refractivity contribution in [3.63, 3.8) is 0 Å². The second kappa shape index (κ2) is 11.2. The first kappa shape index (κ1) is 22.4. The molecule has 2 aromatic carbocycles. The van der Waals surface area contributed by atoms with Gasteiger partial charge >= 0.3 is 5.97 Å². The number of hydrogen-bond acceptors (Lipinski definition) is 5. The molecule has 0 aliphatic rings. The standard InChI is InChI=1S/C23H26NO4PS/c1-28-23(26)20(15-18-16-30-21-10-6-5-9-19(18)21)24-22(25)12-14-29(27)13-11-17-7-3-2-4-8-17/h2-10,16,20,27H,11-15H2,1H3,(H,24,25)/t20-,29?/m0/s1. The highest BCUT2D eigenvalue weighted by Crippen LogP contribution is 2.31. The van der Waals surface area contributed by atoms with Gasteiger partial charge < -0.3 is 14.9 Å². The van der Waals surface area contributed by atoms with Gasteiger partial charge in [0.25, 0.3) is 0 Å². The van der Waals surface area contributed by atoms with Crippen LogP contribution in [0.2, 0.25) is 0 Å². The molecular weight excluding hydrogens is 417 g/mol. The highest BCUT2D eigenvalue weighted by Gasteiger charge is 2.23. The maximum atomic E-state index is 12.4. The second-order valence-electron chi connectivity index (χ2n) is 7.04. The number of carbonyl (C=O) groups excluding carboxylic acids is 2. The number of amides is 1. The van der Waals surface area contributed by atoms with Gasteiger partial charge in [0.15, 0.2) is 0 Å². The minimum Gasteiger partial charge on any atom is -0.467 e. The number of nitrogens with one attached hydrogen (secondary N) is 1. The minimum absolute atomic E-state index is 0.189. The van der Waals surface area contributed by atoms with Crippen LogP contribution in [0.25, 0.3) is 10.1 Å². The van der Waals surface area contributed by atoms with Crippen LogP contribution < -0.4 is 5.32 Å². The number of benzene rings is 2. The summed E-state index contributed by atoms with van der Waals surface area (Å²) in [6.07, 6.45) is 2.44. The predicted octanol–water partition coefficient (Wildman–Crippen LogP) is 4.12. The molecule has 0 radical (unpaired) electrons. The SMILES string of the molecule is COC(=O)[C@H](Cc1csc2ccccc12)NC(=O)CCP(O)CCc1ccccc1. The molecule has 30 heavy (non-hydrogen) atoms. The quantitative estimate of drug-likeness (QED) is 0.365. The second-order valence-corrected chi connectivity index (χ2v) is 9.86.